The molecule has 0 N–H and O–H groups in total. The van der Waals surface area contributed by atoms with Crippen molar-refractivity contribution in [2.24, 2.45) is 0 Å². The Labute approximate surface area is 109 Å². The molecule has 2 aromatic carbocycles. The van der Waals surface area contributed by atoms with Crippen molar-refractivity contribution in [3.63, 3.8) is 0 Å². The Morgan fingerprint density at radius 2 is 1.75 bits per heavy atom. The van der Waals surface area contributed by atoms with Crippen molar-refractivity contribution >= 4 is 27.5 Å². The standard InChI is InChI=1S/C14H12BrCl/c15-13-8-4-7-12(10-13)14(16)9-11-5-2-1-3-6-11/h1-8,10,14H,9H2. The molecule has 0 fully saturated rings. The van der Waals surface area contributed by atoms with Crippen LogP contribution in [0.4, 0.5) is 0 Å². The molecule has 2 rings (SSSR count). The number of benzene rings is 2. The van der Waals surface area contributed by atoms with Crippen LogP contribution in [0.25, 0.3) is 0 Å². The number of rotatable bonds is 3. The van der Waals surface area contributed by atoms with Crippen LogP contribution in [0.15, 0.2) is 59.1 Å². The van der Waals surface area contributed by atoms with E-state index >= 15 is 0 Å². The molecule has 2 heteroatoms. The first-order valence-corrected chi connectivity index (χ1v) is 6.42. The number of hydrogen-bond acceptors (Lipinski definition) is 0. The lowest BCUT2D eigenvalue weighted by molar-refractivity contribution is 0.919. The van der Waals surface area contributed by atoms with E-state index in [4.69, 9.17) is 11.6 Å². The summed E-state index contributed by atoms with van der Waals surface area (Å²) in [6, 6.07) is 18.5. The SMILES string of the molecule is ClC(Cc1ccccc1)c1cccc(Br)c1. The molecular formula is C14H12BrCl. The second kappa shape index (κ2) is 5.51. The van der Waals surface area contributed by atoms with Crippen LogP contribution >= 0.6 is 27.5 Å². The number of halogens is 2. The van der Waals surface area contributed by atoms with E-state index in [1.54, 1.807) is 0 Å². The summed E-state index contributed by atoms with van der Waals surface area (Å²) in [7, 11) is 0. The normalized spacial score (nSPS) is 12.4. The van der Waals surface area contributed by atoms with Gasteiger partial charge in [0.05, 0.1) is 5.38 Å². The van der Waals surface area contributed by atoms with Crippen LogP contribution in [-0.4, -0.2) is 0 Å². The summed E-state index contributed by atoms with van der Waals surface area (Å²) < 4.78 is 1.07. The molecule has 82 valence electrons. The highest BCUT2D eigenvalue weighted by Gasteiger charge is 2.08. The Bertz CT molecular complexity index is 453. The first-order chi connectivity index (χ1) is 7.75. The fourth-order valence-corrected chi connectivity index (χ4v) is 2.37. The Hall–Kier alpha value is -0.790. The molecule has 0 spiro atoms. The fourth-order valence-electron chi connectivity index (χ4n) is 1.64. The van der Waals surface area contributed by atoms with Crippen LogP contribution < -0.4 is 0 Å². The molecule has 2 aromatic rings. The summed E-state index contributed by atoms with van der Waals surface area (Å²) in [5.41, 5.74) is 2.42. The lowest BCUT2D eigenvalue weighted by Crippen LogP contribution is -1.95. The van der Waals surface area contributed by atoms with Gasteiger partial charge in [-0.1, -0.05) is 58.4 Å². The van der Waals surface area contributed by atoms with Crippen LogP contribution in [0, 0.1) is 0 Å². The predicted molar refractivity (Wildman–Crippen MR) is 72.9 cm³/mol. The number of alkyl halides is 1. The van der Waals surface area contributed by atoms with Gasteiger partial charge in [-0.25, -0.2) is 0 Å². The molecule has 0 nitrogen and oxygen atoms in total. The minimum atomic E-state index is 0.0277. The summed E-state index contributed by atoms with van der Waals surface area (Å²) >= 11 is 9.85. The fraction of sp³-hybridized carbons (Fsp3) is 0.143. The number of hydrogen-bond donors (Lipinski definition) is 0. The third-order valence-electron chi connectivity index (χ3n) is 2.47. The first kappa shape index (κ1) is 11.7. The van der Waals surface area contributed by atoms with E-state index in [1.807, 2.05) is 30.3 Å². The summed E-state index contributed by atoms with van der Waals surface area (Å²) in [4.78, 5) is 0. The van der Waals surface area contributed by atoms with Crippen molar-refractivity contribution < 1.29 is 0 Å². The summed E-state index contributed by atoms with van der Waals surface area (Å²) in [6.45, 7) is 0. The van der Waals surface area contributed by atoms with Crippen LogP contribution in [0.2, 0.25) is 0 Å². The van der Waals surface area contributed by atoms with Crippen LogP contribution in [0.3, 0.4) is 0 Å². The lowest BCUT2D eigenvalue weighted by atomic mass is 10.0. The average Bonchev–Trinajstić information content (AvgIpc) is 2.30. The topological polar surface area (TPSA) is 0 Å². The van der Waals surface area contributed by atoms with E-state index in [-0.39, 0.29) is 5.38 Å². The third kappa shape index (κ3) is 3.10. The van der Waals surface area contributed by atoms with Crippen LogP contribution in [0.1, 0.15) is 16.5 Å². The second-order valence-corrected chi connectivity index (χ2v) is 5.15. The van der Waals surface area contributed by atoms with E-state index in [0.717, 1.165) is 16.5 Å². The smallest absolute Gasteiger partial charge is 0.0625 e. The molecular weight excluding hydrogens is 284 g/mol. The van der Waals surface area contributed by atoms with Gasteiger partial charge in [0.15, 0.2) is 0 Å². The van der Waals surface area contributed by atoms with Crippen LogP contribution in [0.5, 0.6) is 0 Å². The zero-order valence-corrected chi connectivity index (χ0v) is 11.1. The maximum atomic E-state index is 6.39. The molecule has 0 aliphatic rings. The molecule has 0 radical (unpaired) electrons. The molecule has 0 bridgehead atoms. The molecule has 0 aliphatic heterocycles. The monoisotopic (exact) mass is 294 g/mol. The molecule has 1 unspecified atom stereocenters. The van der Waals surface area contributed by atoms with E-state index in [9.17, 15) is 0 Å². The van der Waals surface area contributed by atoms with Gasteiger partial charge in [-0.05, 0) is 29.7 Å². The average molecular weight is 296 g/mol. The third-order valence-corrected chi connectivity index (χ3v) is 3.37. The van der Waals surface area contributed by atoms with Crippen molar-refractivity contribution in [3.8, 4) is 0 Å². The molecule has 0 aliphatic carbocycles. The molecule has 0 amide bonds. The Balaban J connectivity index is 2.12. The van der Waals surface area contributed by atoms with Crippen LogP contribution in [-0.2, 0) is 6.42 Å². The highest BCUT2D eigenvalue weighted by atomic mass is 79.9. The minimum Gasteiger partial charge on any atom is -0.117 e. The summed E-state index contributed by atoms with van der Waals surface area (Å²) in [6.07, 6.45) is 0.860. The van der Waals surface area contributed by atoms with E-state index in [1.165, 1.54) is 5.56 Å². The summed E-state index contributed by atoms with van der Waals surface area (Å²) in [5.74, 6) is 0. The Morgan fingerprint density at radius 3 is 2.44 bits per heavy atom. The van der Waals surface area contributed by atoms with Gasteiger partial charge in [-0.15, -0.1) is 11.6 Å². The van der Waals surface area contributed by atoms with Gasteiger partial charge >= 0.3 is 0 Å². The molecule has 16 heavy (non-hydrogen) atoms. The largest absolute Gasteiger partial charge is 0.117 e. The highest BCUT2D eigenvalue weighted by Crippen LogP contribution is 2.26. The van der Waals surface area contributed by atoms with Crippen molar-refractivity contribution in [2.75, 3.05) is 0 Å². The maximum absolute atomic E-state index is 6.39. The van der Waals surface area contributed by atoms with Gasteiger partial charge in [0.2, 0.25) is 0 Å². The molecule has 0 saturated heterocycles. The zero-order valence-electron chi connectivity index (χ0n) is 8.74. The Kier molecular flexibility index (Phi) is 4.03. The molecule has 0 saturated carbocycles. The van der Waals surface area contributed by atoms with Crippen molar-refractivity contribution in [1.82, 2.24) is 0 Å². The maximum Gasteiger partial charge on any atom is 0.0625 e. The predicted octanol–water partition coefficient (Wildman–Crippen LogP) is 4.97. The Morgan fingerprint density at radius 1 is 1.00 bits per heavy atom. The minimum absolute atomic E-state index is 0.0277. The van der Waals surface area contributed by atoms with Gasteiger partial charge in [0.25, 0.3) is 0 Å². The van der Waals surface area contributed by atoms with E-state index in [2.05, 4.69) is 40.2 Å². The molecule has 0 aromatic heterocycles. The zero-order chi connectivity index (χ0) is 11.4. The van der Waals surface area contributed by atoms with Gasteiger partial charge in [-0.3, -0.25) is 0 Å². The van der Waals surface area contributed by atoms with Gasteiger partial charge in [0, 0.05) is 4.47 Å². The lowest BCUT2D eigenvalue weighted by Gasteiger charge is -2.10. The van der Waals surface area contributed by atoms with Gasteiger partial charge in [0.1, 0.15) is 0 Å². The molecule has 0 heterocycles. The van der Waals surface area contributed by atoms with Gasteiger partial charge < -0.3 is 0 Å². The van der Waals surface area contributed by atoms with E-state index < -0.39 is 0 Å². The van der Waals surface area contributed by atoms with E-state index in [0.29, 0.717) is 0 Å². The van der Waals surface area contributed by atoms with Crippen molar-refractivity contribution in [3.05, 3.63) is 70.2 Å². The summed E-state index contributed by atoms with van der Waals surface area (Å²) in [5, 5.41) is 0.0277. The quantitative estimate of drug-likeness (QED) is 0.701. The highest BCUT2D eigenvalue weighted by molar-refractivity contribution is 9.10. The second-order valence-electron chi connectivity index (χ2n) is 3.71. The van der Waals surface area contributed by atoms with Crippen molar-refractivity contribution in [2.45, 2.75) is 11.8 Å². The molecule has 1 atom stereocenters. The van der Waals surface area contributed by atoms with Crippen molar-refractivity contribution in [1.29, 1.82) is 0 Å². The first-order valence-electron chi connectivity index (χ1n) is 5.19. The van der Waals surface area contributed by atoms with Gasteiger partial charge in [-0.2, -0.15) is 0 Å².